The van der Waals surface area contributed by atoms with Crippen molar-refractivity contribution in [3.05, 3.63) is 52.6 Å². The molecule has 0 saturated heterocycles. The molecule has 1 unspecified atom stereocenters. The molecule has 0 saturated carbocycles. The Hall–Kier alpha value is -1.96. The zero-order chi connectivity index (χ0) is 15.7. The van der Waals surface area contributed by atoms with Gasteiger partial charge in [-0.25, -0.2) is 22.0 Å². The lowest BCUT2D eigenvalue weighted by Crippen LogP contribution is -2.23. The van der Waals surface area contributed by atoms with Crippen molar-refractivity contribution in [3.8, 4) is 0 Å². The third-order valence-electron chi connectivity index (χ3n) is 3.14. The second-order valence-electron chi connectivity index (χ2n) is 4.55. The van der Waals surface area contributed by atoms with Gasteiger partial charge in [0.2, 0.25) is 5.82 Å². The van der Waals surface area contributed by atoms with Crippen LogP contribution in [0.3, 0.4) is 0 Å². The summed E-state index contributed by atoms with van der Waals surface area (Å²) in [5.74, 6) is -9.71. The number of likely N-dealkylation sites (N-methyl/N-ethyl adjacent to an activating group) is 1. The summed E-state index contributed by atoms with van der Waals surface area (Å²) < 4.78 is 68.5. The molecule has 0 fully saturated rings. The fourth-order valence-electron chi connectivity index (χ4n) is 2.09. The Kier molecular flexibility index (Phi) is 4.26. The van der Waals surface area contributed by atoms with Crippen molar-refractivity contribution in [2.45, 2.75) is 12.5 Å². The van der Waals surface area contributed by atoms with Crippen molar-refractivity contribution in [1.82, 2.24) is 15.1 Å². The maximum Gasteiger partial charge on any atom is 0.200 e. The summed E-state index contributed by atoms with van der Waals surface area (Å²) in [6.07, 6.45) is 3.08. The molecule has 1 N–H and O–H groups in total. The van der Waals surface area contributed by atoms with Crippen molar-refractivity contribution in [1.29, 1.82) is 0 Å². The summed E-state index contributed by atoms with van der Waals surface area (Å²) in [5, 5.41) is 6.44. The Morgan fingerprint density at radius 3 is 2.00 bits per heavy atom. The monoisotopic (exact) mass is 305 g/mol. The van der Waals surface area contributed by atoms with Gasteiger partial charge in [0.25, 0.3) is 0 Å². The lowest BCUT2D eigenvalue weighted by molar-refractivity contribution is 0.358. The second-order valence-corrected chi connectivity index (χ2v) is 4.55. The maximum absolute atomic E-state index is 13.8. The molecular formula is C13H12F5N3. The van der Waals surface area contributed by atoms with Gasteiger partial charge in [0.1, 0.15) is 0 Å². The summed E-state index contributed by atoms with van der Waals surface area (Å²) >= 11 is 0. The van der Waals surface area contributed by atoms with E-state index in [4.69, 9.17) is 0 Å². The third-order valence-corrected chi connectivity index (χ3v) is 3.14. The van der Waals surface area contributed by atoms with Crippen LogP contribution in [-0.2, 0) is 13.5 Å². The molecule has 3 nitrogen and oxygen atoms in total. The third kappa shape index (κ3) is 2.76. The molecule has 0 radical (unpaired) electrons. The molecule has 0 amide bonds. The Morgan fingerprint density at radius 2 is 1.57 bits per heavy atom. The van der Waals surface area contributed by atoms with Crippen LogP contribution in [0.15, 0.2) is 12.4 Å². The molecule has 0 aliphatic carbocycles. The second kappa shape index (κ2) is 5.80. The summed E-state index contributed by atoms with van der Waals surface area (Å²) in [6.45, 7) is 0. The van der Waals surface area contributed by atoms with E-state index in [0.29, 0.717) is 5.56 Å². The van der Waals surface area contributed by atoms with Gasteiger partial charge in [-0.1, -0.05) is 0 Å². The SMILES string of the molecule is CNC(Cc1cnn(C)c1)c1c(F)c(F)c(F)c(F)c1F. The molecule has 8 heteroatoms. The lowest BCUT2D eigenvalue weighted by Gasteiger charge is -2.18. The fourth-order valence-corrected chi connectivity index (χ4v) is 2.09. The first kappa shape index (κ1) is 15.4. The molecule has 1 aromatic heterocycles. The number of aryl methyl sites for hydroxylation is 1. The van der Waals surface area contributed by atoms with Crippen molar-refractivity contribution >= 4 is 0 Å². The normalized spacial score (nSPS) is 12.7. The maximum atomic E-state index is 13.8. The predicted octanol–water partition coefficient (Wildman–Crippen LogP) is 2.62. The Balaban J connectivity index is 2.47. The van der Waals surface area contributed by atoms with Gasteiger partial charge in [0, 0.05) is 24.8 Å². The van der Waals surface area contributed by atoms with Crippen LogP contribution in [0.5, 0.6) is 0 Å². The molecule has 2 rings (SSSR count). The number of halogens is 5. The molecule has 1 aromatic carbocycles. The van der Waals surface area contributed by atoms with Crippen LogP contribution in [0.1, 0.15) is 17.2 Å². The summed E-state index contributed by atoms with van der Waals surface area (Å²) in [5.41, 5.74) is -0.279. The number of hydrogen-bond donors (Lipinski definition) is 1. The van der Waals surface area contributed by atoms with Gasteiger partial charge in [-0.3, -0.25) is 4.68 Å². The van der Waals surface area contributed by atoms with Crippen molar-refractivity contribution in [2.75, 3.05) is 7.05 Å². The van der Waals surface area contributed by atoms with Gasteiger partial charge in [-0.15, -0.1) is 0 Å². The van der Waals surface area contributed by atoms with E-state index in [1.807, 2.05) is 0 Å². The van der Waals surface area contributed by atoms with E-state index in [0.717, 1.165) is 0 Å². The van der Waals surface area contributed by atoms with E-state index in [9.17, 15) is 22.0 Å². The Labute approximate surface area is 117 Å². The van der Waals surface area contributed by atoms with E-state index in [1.54, 1.807) is 13.2 Å². The zero-order valence-electron chi connectivity index (χ0n) is 11.2. The highest BCUT2D eigenvalue weighted by atomic mass is 19.2. The minimum absolute atomic E-state index is 0.0304. The van der Waals surface area contributed by atoms with E-state index in [-0.39, 0.29) is 6.42 Å². The Morgan fingerprint density at radius 1 is 1.05 bits per heavy atom. The minimum atomic E-state index is -2.16. The van der Waals surface area contributed by atoms with E-state index < -0.39 is 40.7 Å². The molecule has 1 heterocycles. The van der Waals surface area contributed by atoms with E-state index >= 15 is 0 Å². The highest BCUT2D eigenvalue weighted by molar-refractivity contribution is 5.28. The number of aromatic nitrogens is 2. The summed E-state index contributed by atoms with van der Waals surface area (Å²) in [7, 11) is 3.02. The molecule has 0 aliphatic heterocycles. The average Bonchev–Trinajstić information content (AvgIpc) is 2.87. The predicted molar refractivity (Wildman–Crippen MR) is 64.9 cm³/mol. The van der Waals surface area contributed by atoms with Gasteiger partial charge in [-0.2, -0.15) is 5.10 Å². The molecule has 1 atom stereocenters. The number of nitrogens with one attached hydrogen (secondary N) is 1. The van der Waals surface area contributed by atoms with E-state index in [1.165, 1.54) is 17.9 Å². The van der Waals surface area contributed by atoms with Crippen LogP contribution >= 0.6 is 0 Å². The molecule has 21 heavy (non-hydrogen) atoms. The first-order chi connectivity index (χ1) is 9.86. The summed E-state index contributed by atoms with van der Waals surface area (Å²) in [4.78, 5) is 0. The number of benzene rings is 1. The van der Waals surface area contributed by atoms with E-state index in [2.05, 4.69) is 10.4 Å². The van der Waals surface area contributed by atoms with Crippen LogP contribution in [0.25, 0.3) is 0 Å². The topological polar surface area (TPSA) is 29.9 Å². The number of hydrogen-bond acceptors (Lipinski definition) is 2. The molecule has 0 bridgehead atoms. The highest BCUT2D eigenvalue weighted by Gasteiger charge is 2.30. The molecule has 2 aromatic rings. The van der Waals surface area contributed by atoms with Crippen molar-refractivity contribution < 1.29 is 22.0 Å². The molecule has 114 valence electrons. The quantitative estimate of drug-likeness (QED) is 0.534. The van der Waals surface area contributed by atoms with Crippen molar-refractivity contribution in [2.24, 2.45) is 7.05 Å². The van der Waals surface area contributed by atoms with Crippen LogP contribution in [-0.4, -0.2) is 16.8 Å². The molecular weight excluding hydrogens is 293 g/mol. The average molecular weight is 305 g/mol. The number of nitrogens with zero attached hydrogens (tertiary/aromatic N) is 2. The summed E-state index contributed by atoms with van der Waals surface area (Å²) in [6, 6.07) is -1.07. The Bertz CT molecular complexity index is 639. The van der Waals surface area contributed by atoms with Gasteiger partial charge in [0.05, 0.1) is 6.20 Å². The smallest absolute Gasteiger partial charge is 0.200 e. The molecule has 0 aliphatic rings. The van der Waals surface area contributed by atoms with Gasteiger partial charge < -0.3 is 5.32 Å². The largest absolute Gasteiger partial charge is 0.313 e. The minimum Gasteiger partial charge on any atom is -0.313 e. The van der Waals surface area contributed by atoms with Crippen LogP contribution in [0, 0.1) is 29.1 Å². The van der Waals surface area contributed by atoms with Crippen LogP contribution < -0.4 is 5.32 Å². The molecule has 0 spiro atoms. The lowest BCUT2D eigenvalue weighted by atomic mass is 9.99. The first-order valence-electron chi connectivity index (χ1n) is 6.03. The van der Waals surface area contributed by atoms with Crippen molar-refractivity contribution in [3.63, 3.8) is 0 Å². The highest BCUT2D eigenvalue weighted by Crippen LogP contribution is 2.29. The standard InChI is InChI=1S/C13H12F5N3/c1-19-7(3-6-4-20-21(2)5-6)8-9(14)11(16)13(18)12(17)10(8)15/h4-5,7,19H,3H2,1-2H3. The van der Waals surface area contributed by atoms with Gasteiger partial charge in [0.15, 0.2) is 23.3 Å². The van der Waals surface area contributed by atoms with Gasteiger partial charge in [-0.05, 0) is 19.0 Å². The zero-order valence-corrected chi connectivity index (χ0v) is 11.2. The van der Waals surface area contributed by atoms with Gasteiger partial charge >= 0.3 is 0 Å². The van der Waals surface area contributed by atoms with Crippen LogP contribution in [0.4, 0.5) is 22.0 Å². The first-order valence-corrected chi connectivity index (χ1v) is 6.03. The fraction of sp³-hybridized carbons (Fsp3) is 0.308. The number of rotatable bonds is 4. The van der Waals surface area contributed by atoms with Crippen LogP contribution in [0.2, 0.25) is 0 Å².